The van der Waals surface area contributed by atoms with Gasteiger partial charge >= 0.3 is 0 Å². The lowest BCUT2D eigenvalue weighted by molar-refractivity contribution is 0.211. The first kappa shape index (κ1) is 14.9. The number of rotatable bonds is 9. The number of unbranched alkanes of at least 4 members (excludes halogenated alkanes) is 1. The van der Waals surface area contributed by atoms with Gasteiger partial charge in [0.2, 0.25) is 0 Å². The number of nitrogens with zero attached hydrogens (tertiary/aromatic N) is 1. The quantitative estimate of drug-likeness (QED) is 0.639. The van der Waals surface area contributed by atoms with Gasteiger partial charge in [-0.3, -0.25) is 0 Å². The summed E-state index contributed by atoms with van der Waals surface area (Å²) in [5, 5.41) is 8.73. The van der Waals surface area contributed by atoms with Crippen LogP contribution in [0.4, 0.5) is 0 Å². The van der Waals surface area contributed by atoms with Crippen molar-refractivity contribution in [2.45, 2.75) is 52.9 Å². The first-order chi connectivity index (χ1) is 7.02. The van der Waals surface area contributed by atoms with Crippen LogP contribution < -0.4 is 0 Å². The molecule has 0 aromatic carbocycles. The molecule has 0 aliphatic rings. The summed E-state index contributed by atoms with van der Waals surface area (Å²) in [6.45, 7) is 9.45. The third-order valence-electron chi connectivity index (χ3n) is 3.08. The van der Waals surface area contributed by atoms with Gasteiger partial charge in [-0.1, -0.05) is 33.6 Å². The predicted octanol–water partition coefficient (Wildman–Crippen LogP) is 2.91. The van der Waals surface area contributed by atoms with Crippen molar-refractivity contribution in [3.8, 4) is 0 Å². The molecular weight excluding hydrogens is 186 g/mol. The number of aliphatic hydroxyl groups excluding tert-OH is 1. The summed E-state index contributed by atoms with van der Waals surface area (Å²) in [6.07, 6.45) is 6.12. The van der Waals surface area contributed by atoms with E-state index in [1.807, 2.05) is 0 Å². The number of hydrogen-bond acceptors (Lipinski definition) is 2. The first-order valence-electron chi connectivity index (χ1n) is 6.31. The van der Waals surface area contributed by atoms with E-state index in [-0.39, 0.29) is 0 Å². The second kappa shape index (κ2) is 8.12. The van der Waals surface area contributed by atoms with Gasteiger partial charge in [-0.2, -0.15) is 0 Å². The molecule has 1 N–H and O–H groups in total. The summed E-state index contributed by atoms with van der Waals surface area (Å²) in [5.41, 5.74) is 0.476. The van der Waals surface area contributed by atoms with Crippen molar-refractivity contribution in [3.63, 3.8) is 0 Å². The van der Waals surface area contributed by atoms with E-state index in [2.05, 4.69) is 32.7 Å². The highest BCUT2D eigenvalue weighted by Crippen LogP contribution is 2.27. The molecule has 0 aromatic rings. The van der Waals surface area contributed by atoms with Crippen molar-refractivity contribution < 1.29 is 5.11 Å². The van der Waals surface area contributed by atoms with Gasteiger partial charge in [-0.05, 0) is 38.3 Å². The summed E-state index contributed by atoms with van der Waals surface area (Å²) in [7, 11) is 2.14. The Hall–Kier alpha value is -0.0800. The van der Waals surface area contributed by atoms with Gasteiger partial charge in [-0.25, -0.2) is 0 Å². The Labute approximate surface area is 95.7 Å². The molecule has 0 rings (SSSR count). The Bertz CT molecular complexity index is 145. The molecule has 0 unspecified atom stereocenters. The molecule has 0 spiro atoms. The molecule has 0 aliphatic heterocycles. The molecule has 0 fully saturated rings. The van der Waals surface area contributed by atoms with Crippen LogP contribution in [0.2, 0.25) is 0 Å². The molecule has 15 heavy (non-hydrogen) atoms. The van der Waals surface area contributed by atoms with E-state index in [0.717, 1.165) is 19.5 Å². The Morgan fingerprint density at radius 3 is 2.27 bits per heavy atom. The van der Waals surface area contributed by atoms with E-state index in [0.29, 0.717) is 12.0 Å². The van der Waals surface area contributed by atoms with Gasteiger partial charge in [0.15, 0.2) is 0 Å². The van der Waals surface area contributed by atoms with Gasteiger partial charge in [0, 0.05) is 13.2 Å². The maximum Gasteiger partial charge on any atom is 0.0443 e. The first-order valence-corrected chi connectivity index (χ1v) is 6.31. The summed E-state index contributed by atoms with van der Waals surface area (Å²) in [6, 6.07) is 0. The molecule has 0 radical (unpaired) electrons. The second-order valence-corrected chi connectivity index (χ2v) is 5.40. The summed E-state index contributed by atoms with van der Waals surface area (Å²) >= 11 is 0. The van der Waals surface area contributed by atoms with Gasteiger partial charge in [0.1, 0.15) is 0 Å². The van der Waals surface area contributed by atoms with Crippen LogP contribution in [-0.2, 0) is 0 Å². The van der Waals surface area contributed by atoms with Gasteiger partial charge in [0.05, 0.1) is 0 Å². The van der Waals surface area contributed by atoms with E-state index >= 15 is 0 Å². The maximum absolute atomic E-state index is 8.73. The summed E-state index contributed by atoms with van der Waals surface area (Å²) < 4.78 is 0. The lowest BCUT2D eigenvalue weighted by Gasteiger charge is -2.27. The van der Waals surface area contributed by atoms with Crippen LogP contribution in [0.1, 0.15) is 52.9 Å². The van der Waals surface area contributed by atoms with E-state index in [1.165, 1.54) is 25.7 Å². The van der Waals surface area contributed by atoms with E-state index in [4.69, 9.17) is 5.11 Å². The van der Waals surface area contributed by atoms with Crippen molar-refractivity contribution in [2.75, 3.05) is 26.7 Å². The highest BCUT2D eigenvalue weighted by atomic mass is 16.3. The normalized spacial score (nSPS) is 12.4. The highest BCUT2D eigenvalue weighted by molar-refractivity contribution is 4.70. The smallest absolute Gasteiger partial charge is 0.0443 e. The Morgan fingerprint density at radius 2 is 1.73 bits per heavy atom. The molecule has 0 amide bonds. The molecule has 0 bridgehead atoms. The molecule has 0 saturated carbocycles. The number of hydrogen-bond donors (Lipinski definition) is 1. The lowest BCUT2D eigenvalue weighted by atomic mass is 9.84. The molecular formula is C13H29NO. The maximum atomic E-state index is 8.73. The molecule has 0 aliphatic carbocycles. The lowest BCUT2D eigenvalue weighted by Crippen LogP contribution is -2.26. The van der Waals surface area contributed by atoms with Crippen LogP contribution in [0.5, 0.6) is 0 Å². The average Bonchev–Trinajstić information content (AvgIpc) is 2.21. The van der Waals surface area contributed by atoms with Crippen molar-refractivity contribution in [2.24, 2.45) is 5.41 Å². The van der Waals surface area contributed by atoms with Crippen molar-refractivity contribution in [1.82, 2.24) is 4.90 Å². The van der Waals surface area contributed by atoms with Crippen LogP contribution in [0.15, 0.2) is 0 Å². The van der Waals surface area contributed by atoms with E-state index < -0.39 is 0 Å². The fraction of sp³-hybridized carbons (Fsp3) is 1.00. The van der Waals surface area contributed by atoms with Crippen LogP contribution in [0, 0.1) is 5.41 Å². The minimum Gasteiger partial charge on any atom is -0.396 e. The van der Waals surface area contributed by atoms with Gasteiger partial charge in [-0.15, -0.1) is 0 Å². The zero-order chi connectivity index (χ0) is 11.7. The van der Waals surface area contributed by atoms with Gasteiger partial charge < -0.3 is 10.0 Å². The Kier molecular flexibility index (Phi) is 8.07. The van der Waals surface area contributed by atoms with Crippen LogP contribution >= 0.6 is 0 Å². The molecule has 0 saturated heterocycles. The van der Waals surface area contributed by atoms with Crippen LogP contribution in [0.3, 0.4) is 0 Å². The van der Waals surface area contributed by atoms with Crippen LogP contribution in [-0.4, -0.2) is 36.8 Å². The Morgan fingerprint density at radius 1 is 1.07 bits per heavy atom. The van der Waals surface area contributed by atoms with Crippen molar-refractivity contribution in [1.29, 1.82) is 0 Å². The Balaban J connectivity index is 3.62. The minimum atomic E-state index is 0.309. The summed E-state index contributed by atoms with van der Waals surface area (Å²) in [4.78, 5) is 2.32. The van der Waals surface area contributed by atoms with E-state index in [1.54, 1.807) is 0 Å². The highest BCUT2D eigenvalue weighted by Gasteiger charge is 2.17. The summed E-state index contributed by atoms with van der Waals surface area (Å²) in [5.74, 6) is 0. The van der Waals surface area contributed by atoms with Crippen LogP contribution in [0.25, 0.3) is 0 Å². The van der Waals surface area contributed by atoms with Crippen molar-refractivity contribution in [3.05, 3.63) is 0 Å². The third-order valence-corrected chi connectivity index (χ3v) is 3.08. The monoisotopic (exact) mass is 215 g/mol. The predicted molar refractivity (Wildman–Crippen MR) is 67.1 cm³/mol. The topological polar surface area (TPSA) is 23.5 Å². The fourth-order valence-electron chi connectivity index (χ4n) is 1.73. The van der Waals surface area contributed by atoms with Gasteiger partial charge in [0.25, 0.3) is 0 Å². The second-order valence-electron chi connectivity index (χ2n) is 5.40. The fourth-order valence-corrected chi connectivity index (χ4v) is 1.73. The van der Waals surface area contributed by atoms with Crippen molar-refractivity contribution >= 4 is 0 Å². The zero-order valence-corrected chi connectivity index (χ0v) is 11.1. The molecule has 2 nitrogen and oxygen atoms in total. The SMILES string of the molecule is CCCCC(C)(C)CCN(C)CCCO. The molecule has 0 heterocycles. The zero-order valence-electron chi connectivity index (χ0n) is 11.1. The molecule has 0 aromatic heterocycles. The number of aliphatic hydroxyl groups is 1. The largest absolute Gasteiger partial charge is 0.396 e. The van der Waals surface area contributed by atoms with E-state index in [9.17, 15) is 0 Å². The molecule has 0 atom stereocenters. The molecule has 92 valence electrons. The standard InChI is InChI=1S/C13H29NO/c1-5-6-8-13(2,3)9-11-14(4)10-7-12-15/h15H,5-12H2,1-4H3. The third kappa shape index (κ3) is 8.88. The molecule has 2 heteroatoms. The minimum absolute atomic E-state index is 0.309. The average molecular weight is 215 g/mol.